The SMILES string of the molecule is COc1ccc(C2CC(=NNC(N)=O)CC(c3ccc(OC)cc3)C2=O)cc1. The molecule has 2 atom stereocenters. The van der Waals surface area contributed by atoms with E-state index >= 15 is 0 Å². The van der Waals surface area contributed by atoms with Crippen molar-refractivity contribution in [3.63, 3.8) is 0 Å². The van der Waals surface area contributed by atoms with E-state index in [1.54, 1.807) is 14.2 Å². The lowest BCUT2D eigenvalue weighted by Crippen LogP contribution is -2.33. The predicted molar refractivity (Wildman–Crippen MR) is 106 cm³/mol. The third kappa shape index (κ3) is 4.31. The molecule has 2 aromatic carbocycles. The lowest BCUT2D eigenvalue weighted by molar-refractivity contribution is -0.122. The van der Waals surface area contributed by atoms with Crippen LogP contribution in [0.5, 0.6) is 11.5 Å². The predicted octanol–water partition coefficient (Wildman–Crippen LogP) is 2.96. The minimum atomic E-state index is -0.730. The molecular formula is C21H23N3O4. The summed E-state index contributed by atoms with van der Waals surface area (Å²) >= 11 is 0. The summed E-state index contributed by atoms with van der Waals surface area (Å²) in [6.07, 6.45) is 0.857. The van der Waals surface area contributed by atoms with Gasteiger partial charge in [0.1, 0.15) is 17.3 Å². The lowest BCUT2D eigenvalue weighted by Gasteiger charge is -2.29. The number of ether oxygens (including phenoxy) is 2. The number of hydrogen-bond donors (Lipinski definition) is 2. The Labute approximate surface area is 163 Å². The van der Waals surface area contributed by atoms with E-state index in [1.807, 2.05) is 48.5 Å². The van der Waals surface area contributed by atoms with Gasteiger partial charge in [-0.3, -0.25) is 4.79 Å². The van der Waals surface area contributed by atoms with Crippen molar-refractivity contribution < 1.29 is 19.1 Å². The first kappa shape index (κ1) is 19.4. The van der Waals surface area contributed by atoms with Crippen LogP contribution < -0.4 is 20.6 Å². The van der Waals surface area contributed by atoms with E-state index in [2.05, 4.69) is 10.5 Å². The number of carbonyl (C=O) groups excluding carboxylic acids is 2. The summed E-state index contributed by atoms with van der Waals surface area (Å²) < 4.78 is 10.4. The summed E-state index contributed by atoms with van der Waals surface area (Å²) in [7, 11) is 3.20. The molecule has 2 unspecified atom stereocenters. The molecule has 2 aromatic rings. The largest absolute Gasteiger partial charge is 0.497 e. The molecule has 0 spiro atoms. The molecule has 1 fully saturated rings. The molecule has 1 aliphatic carbocycles. The summed E-state index contributed by atoms with van der Waals surface area (Å²) in [6.45, 7) is 0. The topological polar surface area (TPSA) is 103 Å². The molecule has 0 radical (unpaired) electrons. The maximum absolute atomic E-state index is 13.3. The zero-order chi connectivity index (χ0) is 20.1. The number of ketones is 1. The van der Waals surface area contributed by atoms with Crippen LogP contribution in [0, 0.1) is 0 Å². The van der Waals surface area contributed by atoms with E-state index in [4.69, 9.17) is 15.2 Å². The van der Waals surface area contributed by atoms with Crippen LogP contribution in [-0.2, 0) is 4.79 Å². The molecule has 3 rings (SSSR count). The molecule has 0 heterocycles. The molecule has 7 nitrogen and oxygen atoms in total. The maximum Gasteiger partial charge on any atom is 0.332 e. The van der Waals surface area contributed by atoms with E-state index in [0.717, 1.165) is 28.3 Å². The van der Waals surface area contributed by atoms with Gasteiger partial charge in [0, 0.05) is 30.4 Å². The van der Waals surface area contributed by atoms with Crippen LogP contribution >= 0.6 is 0 Å². The average Bonchev–Trinajstić information content (AvgIpc) is 2.73. The van der Waals surface area contributed by atoms with E-state index in [1.165, 1.54) is 0 Å². The van der Waals surface area contributed by atoms with Crippen LogP contribution in [0.1, 0.15) is 35.8 Å². The summed E-state index contributed by atoms with van der Waals surface area (Å²) in [5.41, 5.74) is 9.92. The fraction of sp³-hybridized carbons (Fsp3) is 0.286. The molecule has 0 bridgehead atoms. The molecule has 0 aromatic heterocycles. The van der Waals surface area contributed by atoms with Crippen LogP contribution in [0.4, 0.5) is 4.79 Å². The van der Waals surface area contributed by atoms with Gasteiger partial charge >= 0.3 is 6.03 Å². The first-order valence-electron chi connectivity index (χ1n) is 8.94. The van der Waals surface area contributed by atoms with Crippen LogP contribution in [0.25, 0.3) is 0 Å². The number of amides is 2. The summed E-state index contributed by atoms with van der Waals surface area (Å²) in [5.74, 6) is 0.847. The van der Waals surface area contributed by atoms with Crippen molar-refractivity contribution in [1.29, 1.82) is 0 Å². The van der Waals surface area contributed by atoms with Gasteiger partial charge in [-0.2, -0.15) is 5.10 Å². The number of hydrogen-bond acceptors (Lipinski definition) is 5. The average molecular weight is 381 g/mol. The Balaban J connectivity index is 1.94. The Morgan fingerprint density at radius 2 is 1.36 bits per heavy atom. The van der Waals surface area contributed by atoms with Crippen molar-refractivity contribution in [2.24, 2.45) is 10.8 Å². The zero-order valence-corrected chi connectivity index (χ0v) is 15.8. The second kappa shape index (κ2) is 8.56. The number of primary amides is 1. The van der Waals surface area contributed by atoms with Gasteiger partial charge in [-0.25, -0.2) is 10.2 Å². The van der Waals surface area contributed by atoms with Gasteiger partial charge in [0.15, 0.2) is 0 Å². The van der Waals surface area contributed by atoms with Crippen LogP contribution in [0.3, 0.4) is 0 Å². The van der Waals surface area contributed by atoms with Gasteiger partial charge in [0.25, 0.3) is 0 Å². The molecule has 146 valence electrons. The van der Waals surface area contributed by atoms with Crippen molar-refractivity contribution in [3.05, 3.63) is 59.7 Å². The number of carbonyl (C=O) groups is 2. The van der Waals surface area contributed by atoms with Gasteiger partial charge in [-0.15, -0.1) is 0 Å². The summed E-state index contributed by atoms with van der Waals surface area (Å²) in [5, 5.41) is 4.13. The van der Waals surface area contributed by atoms with Crippen molar-refractivity contribution in [2.75, 3.05) is 14.2 Å². The Kier molecular flexibility index (Phi) is 5.93. The number of methoxy groups -OCH3 is 2. The Morgan fingerprint density at radius 3 is 1.71 bits per heavy atom. The fourth-order valence-electron chi connectivity index (χ4n) is 3.46. The number of nitrogens with two attached hydrogens (primary N) is 1. The van der Waals surface area contributed by atoms with Crippen molar-refractivity contribution in [1.82, 2.24) is 5.43 Å². The Hall–Kier alpha value is -3.35. The zero-order valence-electron chi connectivity index (χ0n) is 15.8. The van der Waals surface area contributed by atoms with Crippen LogP contribution in [-0.4, -0.2) is 31.7 Å². The first-order valence-corrected chi connectivity index (χ1v) is 8.94. The minimum Gasteiger partial charge on any atom is -0.497 e. The number of benzene rings is 2. The minimum absolute atomic E-state index is 0.119. The second-order valence-corrected chi connectivity index (χ2v) is 6.62. The monoisotopic (exact) mass is 381 g/mol. The van der Waals surface area contributed by atoms with Gasteiger partial charge in [0.05, 0.1) is 14.2 Å². The van der Waals surface area contributed by atoms with E-state index in [9.17, 15) is 9.59 Å². The van der Waals surface area contributed by atoms with Crippen molar-refractivity contribution in [2.45, 2.75) is 24.7 Å². The first-order chi connectivity index (χ1) is 13.5. The highest BCUT2D eigenvalue weighted by molar-refractivity contribution is 6.04. The number of nitrogens with one attached hydrogen (secondary N) is 1. The highest BCUT2D eigenvalue weighted by Gasteiger charge is 2.36. The number of urea groups is 1. The lowest BCUT2D eigenvalue weighted by atomic mass is 9.73. The number of rotatable bonds is 5. The van der Waals surface area contributed by atoms with E-state index in [0.29, 0.717) is 12.8 Å². The summed E-state index contributed by atoms with van der Waals surface area (Å²) in [4.78, 5) is 24.3. The molecule has 0 saturated heterocycles. The quantitative estimate of drug-likeness (QED) is 0.777. The van der Waals surface area contributed by atoms with Gasteiger partial charge in [-0.1, -0.05) is 24.3 Å². The standard InChI is InChI=1S/C21H23N3O4/c1-27-16-7-3-13(4-8-16)18-11-15(23-24-21(22)26)12-19(20(18)25)14-5-9-17(28-2)10-6-14/h3-10,18-19H,11-12H2,1-2H3,(H3,22,24,26). The van der Waals surface area contributed by atoms with Crippen molar-refractivity contribution >= 4 is 17.5 Å². The van der Waals surface area contributed by atoms with Crippen LogP contribution in [0.2, 0.25) is 0 Å². The number of hydrazone groups is 1. The Bertz CT molecular complexity index is 814. The van der Waals surface area contributed by atoms with E-state index < -0.39 is 6.03 Å². The normalized spacial score (nSPS) is 19.1. The third-order valence-electron chi connectivity index (χ3n) is 4.93. The molecule has 1 aliphatic rings. The van der Waals surface area contributed by atoms with E-state index in [-0.39, 0.29) is 17.6 Å². The van der Waals surface area contributed by atoms with Gasteiger partial charge in [-0.05, 0) is 35.4 Å². The number of Topliss-reactive ketones (excluding diaryl/α,β-unsaturated/α-hetero) is 1. The van der Waals surface area contributed by atoms with Gasteiger partial charge < -0.3 is 15.2 Å². The maximum atomic E-state index is 13.3. The van der Waals surface area contributed by atoms with Gasteiger partial charge in [0.2, 0.25) is 0 Å². The number of nitrogens with zero attached hydrogens (tertiary/aromatic N) is 1. The van der Waals surface area contributed by atoms with Crippen LogP contribution in [0.15, 0.2) is 53.6 Å². The third-order valence-corrected chi connectivity index (χ3v) is 4.93. The Morgan fingerprint density at radius 1 is 0.929 bits per heavy atom. The molecule has 2 amide bonds. The highest BCUT2D eigenvalue weighted by Crippen LogP contribution is 2.38. The molecule has 28 heavy (non-hydrogen) atoms. The van der Waals surface area contributed by atoms with Crippen molar-refractivity contribution in [3.8, 4) is 11.5 Å². The highest BCUT2D eigenvalue weighted by atomic mass is 16.5. The second-order valence-electron chi connectivity index (χ2n) is 6.62. The molecule has 3 N–H and O–H groups in total. The molecular weight excluding hydrogens is 358 g/mol. The molecule has 1 saturated carbocycles. The molecule has 7 heteroatoms. The molecule has 0 aliphatic heterocycles. The smallest absolute Gasteiger partial charge is 0.332 e. The fourth-order valence-corrected chi connectivity index (χ4v) is 3.46. The summed E-state index contributed by atoms with van der Waals surface area (Å²) in [6, 6.07) is 14.1.